The van der Waals surface area contributed by atoms with Gasteiger partial charge in [-0.05, 0) is 49.9 Å². The monoisotopic (exact) mass is 363 g/mol. The molecule has 0 amide bonds. The first-order valence-corrected chi connectivity index (χ1v) is 9.33. The van der Waals surface area contributed by atoms with E-state index < -0.39 is 5.97 Å². The first kappa shape index (κ1) is 19.0. The van der Waals surface area contributed by atoms with E-state index in [4.69, 9.17) is 19.3 Å². The van der Waals surface area contributed by atoms with E-state index in [-0.39, 0.29) is 6.61 Å². The van der Waals surface area contributed by atoms with Crippen LogP contribution in [-0.4, -0.2) is 56.0 Å². The second kappa shape index (κ2) is 8.27. The SMILES string of the molecule is COc1ccc(CN2CCC[C@]3(CCC[C@H]3OC)C2)cc1OCC(=O)O. The molecule has 1 aliphatic carbocycles. The van der Waals surface area contributed by atoms with Crippen molar-refractivity contribution in [3.63, 3.8) is 0 Å². The van der Waals surface area contributed by atoms with Crippen LogP contribution in [0, 0.1) is 5.41 Å². The van der Waals surface area contributed by atoms with Gasteiger partial charge in [-0.1, -0.05) is 12.5 Å². The maximum atomic E-state index is 10.8. The Hall–Kier alpha value is -1.79. The third-order valence-corrected chi connectivity index (χ3v) is 5.78. The Kier molecular flexibility index (Phi) is 6.04. The summed E-state index contributed by atoms with van der Waals surface area (Å²) in [5, 5.41) is 8.85. The standard InChI is InChI=1S/C20H29NO5/c1-24-16-7-6-15(11-17(16)26-13-19(22)23)12-21-10-4-9-20(14-21)8-3-5-18(20)25-2/h6-7,11,18H,3-5,8-10,12-14H2,1-2H3,(H,22,23)/t18-,20-/m1/s1. The molecule has 0 radical (unpaired) electrons. The first-order chi connectivity index (χ1) is 12.6. The number of rotatable bonds is 7. The summed E-state index contributed by atoms with van der Waals surface area (Å²) in [6, 6.07) is 5.77. The molecular weight excluding hydrogens is 334 g/mol. The van der Waals surface area contributed by atoms with Crippen LogP contribution in [0.3, 0.4) is 0 Å². The molecule has 1 aromatic rings. The molecule has 1 saturated carbocycles. The van der Waals surface area contributed by atoms with Crippen LogP contribution >= 0.6 is 0 Å². The molecule has 1 saturated heterocycles. The average Bonchev–Trinajstić information content (AvgIpc) is 3.01. The van der Waals surface area contributed by atoms with Crippen molar-refractivity contribution < 1.29 is 24.1 Å². The van der Waals surface area contributed by atoms with Gasteiger partial charge in [-0.25, -0.2) is 4.79 Å². The summed E-state index contributed by atoms with van der Waals surface area (Å²) in [6.45, 7) is 2.59. The van der Waals surface area contributed by atoms with E-state index in [9.17, 15) is 4.79 Å². The zero-order valence-electron chi connectivity index (χ0n) is 15.7. The van der Waals surface area contributed by atoms with Gasteiger partial charge in [0.2, 0.25) is 0 Å². The number of carboxylic acids is 1. The van der Waals surface area contributed by atoms with Gasteiger partial charge in [0.05, 0.1) is 13.2 Å². The van der Waals surface area contributed by atoms with Crippen molar-refractivity contribution in [2.45, 2.75) is 44.8 Å². The van der Waals surface area contributed by atoms with Crippen molar-refractivity contribution in [1.82, 2.24) is 4.90 Å². The minimum absolute atomic E-state index is 0.294. The van der Waals surface area contributed by atoms with Gasteiger partial charge < -0.3 is 19.3 Å². The molecular formula is C20H29NO5. The van der Waals surface area contributed by atoms with Crippen LogP contribution in [0.25, 0.3) is 0 Å². The Bertz CT molecular complexity index is 635. The fourth-order valence-electron chi connectivity index (χ4n) is 4.66. The zero-order valence-corrected chi connectivity index (χ0v) is 15.7. The van der Waals surface area contributed by atoms with Crippen molar-refractivity contribution in [3.05, 3.63) is 23.8 Å². The van der Waals surface area contributed by atoms with Crippen LogP contribution in [-0.2, 0) is 16.1 Å². The van der Waals surface area contributed by atoms with E-state index in [1.807, 2.05) is 25.3 Å². The molecule has 0 aromatic heterocycles. The molecule has 1 aromatic carbocycles. The summed E-state index contributed by atoms with van der Waals surface area (Å²) in [5.74, 6) is 0.0392. The van der Waals surface area contributed by atoms with Crippen LogP contribution in [0.5, 0.6) is 11.5 Å². The molecule has 2 atom stereocenters. The molecule has 0 bridgehead atoms. The van der Waals surface area contributed by atoms with Crippen molar-refractivity contribution in [2.75, 3.05) is 33.9 Å². The summed E-state index contributed by atoms with van der Waals surface area (Å²) in [7, 11) is 3.40. The highest BCUT2D eigenvalue weighted by Gasteiger charge is 2.45. The number of carbonyl (C=O) groups is 1. The Morgan fingerprint density at radius 2 is 2.08 bits per heavy atom. The highest BCUT2D eigenvalue weighted by Crippen LogP contribution is 2.46. The number of benzene rings is 1. The Balaban J connectivity index is 1.70. The molecule has 1 spiro atoms. The Labute approximate surface area is 155 Å². The number of hydrogen-bond acceptors (Lipinski definition) is 5. The highest BCUT2D eigenvalue weighted by molar-refractivity contribution is 5.68. The fourth-order valence-corrected chi connectivity index (χ4v) is 4.66. The van der Waals surface area contributed by atoms with Crippen LogP contribution < -0.4 is 9.47 Å². The second-order valence-electron chi connectivity index (χ2n) is 7.46. The highest BCUT2D eigenvalue weighted by atomic mass is 16.5. The molecule has 3 rings (SSSR count). The number of nitrogens with zero attached hydrogens (tertiary/aromatic N) is 1. The summed E-state index contributed by atoms with van der Waals surface area (Å²) in [6.07, 6.45) is 6.48. The van der Waals surface area contributed by atoms with Crippen molar-refractivity contribution >= 4 is 5.97 Å². The second-order valence-corrected chi connectivity index (χ2v) is 7.46. The van der Waals surface area contributed by atoms with E-state index >= 15 is 0 Å². The molecule has 144 valence electrons. The summed E-state index contributed by atoms with van der Waals surface area (Å²) in [4.78, 5) is 13.3. The third-order valence-electron chi connectivity index (χ3n) is 5.78. The van der Waals surface area contributed by atoms with Gasteiger partial charge in [0, 0.05) is 25.6 Å². The van der Waals surface area contributed by atoms with Crippen LogP contribution in [0.1, 0.15) is 37.7 Å². The third kappa shape index (κ3) is 4.13. The number of ether oxygens (including phenoxy) is 3. The smallest absolute Gasteiger partial charge is 0.341 e. The van der Waals surface area contributed by atoms with Crippen LogP contribution in [0.2, 0.25) is 0 Å². The maximum Gasteiger partial charge on any atom is 0.341 e. The lowest BCUT2D eigenvalue weighted by molar-refractivity contribution is -0.139. The maximum absolute atomic E-state index is 10.8. The predicted molar refractivity (Wildman–Crippen MR) is 97.7 cm³/mol. The normalized spacial score (nSPS) is 26.2. The van der Waals surface area contributed by atoms with E-state index in [0.717, 1.165) is 25.2 Å². The lowest BCUT2D eigenvalue weighted by atomic mass is 9.76. The van der Waals surface area contributed by atoms with Crippen molar-refractivity contribution in [1.29, 1.82) is 0 Å². The van der Waals surface area contributed by atoms with Crippen molar-refractivity contribution in [2.24, 2.45) is 5.41 Å². The van der Waals surface area contributed by atoms with Gasteiger partial charge in [-0.2, -0.15) is 0 Å². The molecule has 1 N–H and O–H groups in total. The van der Waals surface area contributed by atoms with Gasteiger partial charge in [-0.15, -0.1) is 0 Å². The Morgan fingerprint density at radius 1 is 1.27 bits per heavy atom. The van der Waals surface area contributed by atoms with Gasteiger partial charge in [0.1, 0.15) is 0 Å². The van der Waals surface area contributed by atoms with Crippen molar-refractivity contribution in [3.8, 4) is 11.5 Å². The van der Waals surface area contributed by atoms with E-state index in [1.54, 1.807) is 7.11 Å². The molecule has 2 fully saturated rings. The number of hydrogen-bond donors (Lipinski definition) is 1. The quantitative estimate of drug-likeness (QED) is 0.803. The predicted octanol–water partition coefficient (Wildman–Crippen LogP) is 2.94. The molecule has 0 unspecified atom stereocenters. The van der Waals surface area contributed by atoms with Crippen LogP contribution in [0.4, 0.5) is 0 Å². The summed E-state index contributed by atoms with van der Waals surface area (Å²) >= 11 is 0. The van der Waals surface area contributed by atoms with Crippen LogP contribution in [0.15, 0.2) is 18.2 Å². The average molecular weight is 363 g/mol. The zero-order chi connectivity index (χ0) is 18.6. The molecule has 6 nitrogen and oxygen atoms in total. The molecule has 6 heteroatoms. The van der Waals surface area contributed by atoms with Gasteiger partial charge in [0.25, 0.3) is 0 Å². The van der Waals surface area contributed by atoms with E-state index in [1.165, 1.54) is 32.1 Å². The Morgan fingerprint density at radius 3 is 2.81 bits per heavy atom. The molecule has 1 aliphatic heterocycles. The molecule has 2 aliphatic rings. The van der Waals surface area contributed by atoms with E-state index in [0.29, 0.717) is 23.0 Å². The van der Waals surface area contributed by atoms with E-state index in [2.05, 4.69) is 4.90 Å². The largest absolute Gasteiger partial charge is 0.493 e. The van der Waals surface area contributed by atoms with Gasteiger partial charge in [0.15, 0.2) is 18.1 Å². The minimum atomic E-state index is -0.998. The first-order valence-electron chi connectivity index (χ1n) is 9.33. The minimum Gasteiger partial charge on any atom is -0.493 e. The number of likely N-dealkylation sites (tertiary alicyclic amines) is 1. The van der Waals surface area contributed by atoms with Gasteiger partial charge >= 0.3 is 5.97 Å². The lowest BCUT2D eigenvalue weighted by Gasteiger charge is -2.43. The number of carboxylic acid groups (broad SMARTS) is 1. The molecule has 26 heavy (non-hydrogen) atoms. The lowest BCUT2D eigenvalue weighted by Crippen LogP contribution is -2.47. The fraction of sp³-hybridized carbons (Fsp3) is 0.650. The molecule has 1 heterocycles. The van der Waals surface area contributed by atoms with Gasteiger partial charge in [-0.3, -0.25) is 4.90 Å². The summed E-state index contributed by atoms with van der Waals surface area (Å²) in [5.41, 5.74) is 1.40. The number of aliphatic carboxylic acids is 1. The number of methoxy groups -OCH3 is 2. The summed E-state index contributed by atoms with van der Waals surface area (Å²) < 4.78 is 16.5. The number of piperidine rings is 1. The topological polar surface area (TPSA) is 68.2 Å².